The molecule has 0 amide bonds. The third kappa shape index (κ3) is 7.19. The predicted molar refractivity (Wildman–Crippen MR) is 108 cm³/mol. The van der Waals surface area contributed by atoms with Gasteiger partial charge in [-0.3, -0.25) is 33.0 Å². The highest BCUT2D eigenvalue weighted by atomic mass is 31.2. The van der Waals surface area contributed by atoms with E-state index >= 15 is 0 Å². The van der Waals surface area contributed by atoms with Crippen LogP contribution in [0.5, 0.6) is 0 Å². The second-order valence-corrected chi connectivity index (χ2v) is 8.90. The Bertz CT molecular complexity index is 972. The Hall–Kier alpha value is -2.15. The number of H-pyrrole nitrogens is 1. The minimum absolute atomic E-state index is 0.0158. The van der Waals surface area contributed by atoms with Crippen molar-refractivity contribution in [1.29, 1.82) is 0 Å². The van der Waals surface area contributed by atoms with Crippen molar-refractivity contribution in [3.05, 3.63) is 33.1 Å². The van der Waals surface area contributed by atoms with Crippen LogP contribution in [0.25, 0.3) is 0 Å². The number of carbonyl (C=O) groups excluding carboxylic acids is 2. The molecular formula is C18H27N2O11P. The topological polar surface area (TPSA) is 183 Å². The summed E-state index contributed by atoms with van der Waals surface area (Å²) in [6.45, 7) is 3.71. The molecule has 180 valence electrons. The molecule has 0 aromatic carbocycles. The van der Waals surface area contributed by atoms with E-state index in [-0.39, 0.29) is 25.6 Å². The van der Waals surface area contributed by atoms with E-state index in [9.17, 15) is 33.7 Å². The summed E-state index contributed by atoms with van der Waals surface area (Å²) in [6.07, 6.45) is -3.05. The Balaban J connectivity index is 1.96. The lowest BCUT2D eigenvalue weighted by Gasteiger charge is -2.19. The molecule has 13 nitrogen and oxygen atoms in total. The molecule has 0 bridgehead atoms. The van der Waals surface area contributed by atoms with Crippen LogP contribution in [0.1, 0.15) is 39.8 Å². The summed E-state index contributed by atoms with van der Waals surface area (Å²) in [4.78, 5) is 58.5. The third-order valence-electron chi connectivity index (χ3n) is 4.52. The van der Waals surface area contributed by atoms with Gasteiger partial charge in [-0.05, 0) is 27.2 Å². The number of hydrogen-bond donors (Lipinski definition) is 3. The van der Waals surface area contributed by atoms with E-state index < -0.39 is 61.8 Å². The van der Waals surface area contributed by atoms with Crippen molar-refractivity contribution in [3.63, 3.8) is 0 Å². The number of phosphoric acid groups is 1. The van der Waals surface area contributed by atoms with Gasteiger partial charge in [-0.1, -0.05) is 0 Å². The van der Waals surface area contributed by atoms with E-state index in [0.717, 1.165) is 16.8 Å². The summed E-state index contributed by atoms with van der Waals surface area (Å²) in [5.74, 6) is -2.13. The first-order valence-electron chi connectivity index (χ1n) is 9.88. The molecule has 1 aliphatic rings. The number of ketones is 1. The summed E-state index contributed by atoms with van der Waals surface area (Å²) in [7, 11) is -4.56. The molecule has 1 saturated heterocycles. The van der Waals surface area contributed by atoms with E-state index in [0.29, 0.717) is 0 Å². The van der Waals surface area contributed by atoms with Crippen LogP contribution in [0, 0.1) is 5.92 Å². The van der Waals surface area contributed by atoms with Gasteiger partial charge in [0.05, 0.1) is 31.3 Å². The molecule has 1 aromatic rings. The number of ether oxygens (including phenoxy) is 2. The molecule has 2 rings (SSSR count). The number of aromatic amines is 1. The van der Waals surface area contributed by atoms with Crippen LogP contribution in [0.3, 0.4) is 0 Å². The molecule has 2 heterocycles. The minimum atomic E-state index is -4.56. The zero-order valence-corrected chi connectivity index (χ0v) is 18.7. The van der Waals surface area contributed by atoms with Crippen molar-refractivity contribution in [2.75, 3.05) is 13.2 Å². The maximum atomic E-state index is 12.1. The average molecular weight is 478 g/mol. The van der Waals surface area contributed by atoms with Crippen LogP contribution >= 0.6 is 7.82 Å². The van der Waals surface area contributed by atoms with Gasteiger partial charge in [0.2, 0.25) is 0 Å². The number of Topliss-reactive ketones (excluding diaryl/α,β-unsaturated/α-hetero) is 1. The Morgan fingerprint density at radius 1 is 1.31 bits per heavy atom. The predicted octanol–water partition coefficient (Wildman–Crippen LogP) is -0.134. The number of aromatic nitrogens is 2. The van der Waals surface area contributed by atoms with Gasteiger partial charge in [0.25, 0.3) is 5.56 Å². The third-order valence-corrected chi connectivity index (χ3v) is 5.50. The maximum Gasteiger partial charge on any atom is 0.472 e. The van der Waals surface area contributed by atoms with Gasteiger partial charge in [-0.15, -0.1) is 0 Å². The Labute approximate surface area is 182 Å². The maximum absolute atomic E-state index is 12.1. The monoisotopic (exact) mass is 478 g/mol. The molecule has 0 aliphatic carbocycles. The zero-order valence-electron chi connectivity index (χ0n) is 17.8. The van der Waals surface area contributed by atoms with Crippen molar-refractivity contribution >= 4 is 19.6 Å². The Morgan fingerprint density at radius 2 is 2.00 bits per heavy atom. The van der Waals surface area contributed by atoms with Crippen molar-refractivity contribution < 1.29 is 42.7 Å². The van der Waals surface area contributed by atoms with Crippen LogP contribution in [0.2, 0.25) is 0 Å². The van der Waals surface area contributed by atoms with Gasteiger partial charge in [0, 0.05) is 18.7 Å². The molecule has 0 spiro atoms. The van der Waals surface area contributed by atoms with Gasteiger partial charge in [0.15, 0.2) is 6.23 Å². The first-order valence-corrected chi connectivity index (χ1v) is 11.4. The summed E-state index contributed by atoms with van der Waals surface area (Å²) < 4.78 is 33.1. The van der Waals surface area contributed by atoms with Crippen molar-refractivity contribution in [2.45, 2.75) is 58.2 Å². The molecule has 0 radical (unpaired) electrons. The number of aliphatic hydroxyl groups excluding tert-OH is 1. The lowest BCUT2D eigenvalue weighted by molar-refractivity contribution is -0.147. The van der Waals surface area contributed by atoms with Crippen LogP contribution < -0.4 is 11.2 Å². The Morgan fingerprint density at radius 3 is 2.59 bits per heavy atom. The van der Waals surface area contributed by atoms with E-state index in [4.69, 9.17) is 18.5 Å². The fraction of sp³-hybridized carbons (Fsp3) is 0.667. The highest BCUT2D eigenvalue weighted by molar-refractivity contribution is 7.47. The lowest BCUT2D eigenvalue weighted by Crippen LogP contribution is -2.37. The number of nitrogens with one attached hydrogen (secondary N) is 1. The van der Waals surface area contributed by atoms with E-state index in [1.54, 1.807) is 13.8 Å². The van der Waals surface area contributed by atoms with Gasteiger partial charge in [-0.25, -0.2) is 9.36 Å². The summed E-state index contributed by atoms with van der Waals surface area (Å²) in [6, 6.07) is 1.04. The first-order chi connectivity index (χ1) is 14.9. The molecule has 3 N–H and O–H groups in total. The number of carbonyl (C=O) groups is 2. The smallest absolute Gasteiger partial charge is 0.463 e. The summed E-state index contributed by atoms with van der Waals surface area (Å²) in [5.41, 5.74) is -1.52. The summed E-state index contributed by atoms with van der Waals surface area (Å²) >= 11 is 0. The highest BCUT2D eigenvalue weighted by Crippen LogP contribution is 2.45. The van der Waals surface area contributed by atoms with Gasteiger partial charge < -0.3 is 19.5 Å². The molecule has 1 fully saturated rings. The lowest BCUT2D eigenvalue weighted by atomic mass is 9.94. The van der Waals surface area contributed by atoms with Crippen LogP contribution in [0.15, 0.2) is 21.9 Å². The van der Waals surface area contributed by atoms with Crippen molar-refractivity contribution in [1.82, 2.24) is 9.55 Å². The van der Waals surface area contributed by atoms with Crippen LogP contribution in [-0.4, -0.2) is 62.8 Å². The molecule has 32 heavy (non-hydrogen) atoms. The van der Waals surface area contributed by atoms with Gasteiger partial charge in [-0.2, -0.15) is 0 Å². The molecule has 14 heteroatoms. The van der Waals surface area contributed by atoms with E-state index in [1.807, 2.05) is 4.98 Å². The SMILES string of the molecule is CC(=O)C1C(COP(=O)(O)OCCCC(=O)OC(C)C)OC(n2ccc(=O)[nH]c2=O)C1O. The summed E-state index contributed by atoms with van der Waals surface area (Å²) in [5, 5.41) is 10.5. The van der Waals surface area contributed by atoms with Crippen molar-refractivity contribution in [2.24, 2.45) is 5.92 Å². The van der Waals surface area contributed by atoms with E-state index in [2.05, 4.69) is 0 Å². The quantitative estimate of drug-likeness (QED) is 0.219. The van der Waals surface area contributed by atoms with Crippen LogP contribution in [-0.2, 0) is 32.7 Å². The van der Waals surface area contributed by atoms with Crippen LogP contribution in [0.4, 0.5) is 0 Å². The number of aliphatic hydroxyl groups is 1. The van der Waals surface area contributed by atoms with Gasteiger partial charge in [0.1, 0.15) is 11.9 Å². The number of nitrogens with zero attached hydrogens (tertiary/aromatic N) is 1. The molecule has 5 unspecified atom stereocenters. The normalized spacial score (nSPS) is 24.9. The second kappa shape index (κ2) is 11.1. The number of hydrogen-bond acceptors (Lipinski definition) is 10. The molecule has 0 saturated carbocycles. The fourth-order valence-electron chi connectivity index (χ4n) is 3.17. The standard InChI is InChI=1S/C18H27N2O11P/c1-10(2)30-14(23)5-4-8-28-32(26,27)29-9-12-15(11(3)21)16(24)17(31-12)20-7-6-13(22)19-18(20)25/h6-7,10,12,15-17,24H,4-5,8-9H2,1-3H3,(H,26,27)(H,19,22,25). The van der Waals surface area contributed by atoms with Crippen molar-refractivity contribution in [3.8, 4) is 0 Å². The highest BCUT2D eigenvalue weighted by Gasteiger charge is 2.48. The molecule has 1 aliphatic heterocycles. The Kier molecular flexibility index (Phi) is 9.08. The molecule has 1 aromatic heterocycles. The largest absolute Gasteiger partial charge is 0.472 e. The zero-order chi connectivity index (χ0) is 24.1. The number of phosphoric ester groups is 1. The average Bonchev–Trinajstić information content (AvgIpc) is 2.99. The molecule has 5 atom stereocenters. The number of esters is 1. The first kappa shape index (κ1) is 26.1. The fourth-order valence-corrected chi connectivity index (χ4v) is 3.94. The number of rotatable bonds is 11. The second-order valence-electron chi connectivity index (χ2n) is 7.45. The minimum Gasteiger partial charge on any atom is -0.463 e. The molecular weight excluding hydrogens is 451 g/mol. The van der Waals surface area contributed by atoms with Gasteiger partial charge >= 0.3 is 19.5 Å². The van der Waals surface area contributed by atoms with E-state index in [1.165, 1.54) is 6.92 Å².